The summed E-state index contributed by atoms with van der Waals surface area (Å²) in [7, 11) is -5.13. The molecule has 0 spiro atoms. The molecule has 0 unspecified atom stereocenters. The average molecular weight is 427 g/mol. The van der Waals surface area contributed by atoms with Crippen LogP contribution in [0.1, 0.15) is 22.8 Å². The van der Waals surface area contributed by atoms with Crippen LogP contribution in [0, 0.1) is 25.5 Å². The summed E-state index contributed by atoms with van der Waals surface area (Å²) in [6.07, 6.45) is 0. The summed E-state index contributed by atoms with van der Waals surface area (Å²) in [4.78, 5) is 4.14. The van der Waals surface area contributed by atoms with Gasteiger partial charge in [0, 0.05) is 0 Å². The molecule has 0 aliphatic heterocycles. The summed E-state index contributed by atoms with van der Waals surface area (Å²) in [6.45, 7) is 3.23. The van der Waals surface area contributed by atoms with E-state index >= 15 is 0 Å². The van der Waals surface area contributed by atoms with Gasteiger partial charge in [-0.05, 0) is 55.8 Å². The van der Waals surface area contributed by atoms with Crippen LogP contribution in [-0.4, -0.2) is 23.2 Å². The fourth-order valence-electron chi connectivity index (χ4n) is 2.63. The van der Waals surface area contributed by atoms with E-state index in [1.54, 1.807) is 18.5 Å². The number of ether oxygens (including phenoxy) is 1. The molecule has 0 amide bonds. The summed E-state index contributed by atoms with van der Waals surface area (Å²) in [5.74, 6) is -0.445. The fourth-order valence-corrected chi connectivity index (χ4v) is 2.97. The molecule has 3 aromatic rings. The molecule has 0 saturated heterocycles. The van der Waals surface area contributed by atoms with Crippen molar-refractivity contribution in [3.05, 3.63) is 70.8 Å². The minimum Gasteiger partial charge on any atom is -0.489 e. The monoisotopic (exact) mass is 427 g/mol. The van der Waals surface area contributed by atoms with Crippen LogP contribution < -0.4 is 8.92 Å². The van der Waals surface area contributed by atoms with Crippen molar-refractivity contribution < 1.29 is 30.0 Å². The van der Waals surface area contributed by atoms with Gasteiger partial charge in [0.15, 0.2) is 0 Å². The second kappa shape index (κ2) is 8.11. The standard InChI is InChI=1S/C18H16F3N3O4S/c1-11-22-12(2)24(23-11)9-13-7-17(19)16(18(20)8-13)10-27-14-3-5-15(6-4-14)28-29(21,25)26/h3-8H,9-10H2,1-2H3. The van der Waals surface area contributed by atoms with Gasteiger partial charge in [-0.2, -0.15) is 13.5 Å². The maximum atomic E-state index is 14.4. The van der Waals surface area contributed by atoms with Crippen LogP contribution in [-0.2, 0) is 23.7 Å². The summed E-state index contributed by atoms with van der Waals surface area (Å²) in [5, 5.41) is 4.16. The zero-order valence-corrected chi connectivity index (χ0v) is 16.2. The zero-order chi connectivity index (χ0) is 21.2. The third kappa shape index (κ3) is 5.47. The first kappa shape index (κ1) is 20.6. The minimum absolute atomic E-state index is 0.167. The molecule has 0 bridgehead atoms. The van der Waals surface area contributed by atoms with E-state index in [0.29, 0.717) is 17.2 Å². The Hall–Kier alpha value is -3.08. The Morgan fingerprint density at radius 1 is 1.03 bits per heavy atom. The number of halogens is 3. The molecule has 29 heavy (non-hydrogen) atoms. The molecule has 0 fully saturated rings. The smallest absolute Gasteiger partial charge is 0.488 e. The lowest BCUT2D eigenvalue weighted by molar-refractivity contribution is 0.292. The molecule has 7 nitrogen and oxygen atoms in total. The van der Waals surface area contributed by atoms with E-state index in [9.17, 15) is 21.1 Å². The molecule has 0 radical (unpaired) electrons. The van der Waals surface area contributed by atoms with Crippen LogP contribution >= 0.6 is 0 Å². The van der Waals surface area contributed by atoms with Crippen LogP contribution in [0.15, 0.2) is 36.4 Å². The van der Waals surface area contributed by atoms with Crippen molar-refractivity contribution in [1.82, 2.24) is 14.8 Å². The van der Waals surface area contributed by atoms with E-state index in [4.69, 9.17) is 4.74 Å². The summed E-state index contributed by atoms with van der Waals surface area (Å²) < 4.78 is 73.0. The van der Waals surface area contributed by atoms with Gasteiger partial charge in [-0.1, -0.05) is 3.89 Å². The molecule has 0 aliphatic rings. The van der Waals surface area contributed by atoms with Crippen molar-refractivity contribution in [2.75, 3.05) is 0 Å². The normalized spacial score (nSPS) is 11.5. The van der Waals surface area contributed by atoms with Crippen molar-refractivity contribution >= 4 is 10.5 Å². The fraction of sp³-hybridized carbons (Fsp3) is 0.222. The van der Waals surface area contributed by atoms with Crippen LogP contribution in [0.3, 0.4) is 0 Å². The Balaban J connectivity index is 1.69. The molecule has 11 heteroatoms. The minimum atomic E-state index is -5.13. The molecule has 0 atom stereocenters. The lowest BCUT2D eigenvalue weighted by Crippen LogP contribution is -2.08. The maximum absolute atomic E-state index is 14.4. The second-order valence-corrected chi connectivity index (χ2v) is 7.09. The largest absolute Gasteiger partial charge is 0.489 e. The second-order valence-electron chi connectivity index (χ2n) is 6.14. The molecule has 0 N–H and O–H groups in total. The first-order chi connectivity index (χ1) is 13.6. The Labute approximate surface area is 165 Å². The van der Waals surface area contributed by atoms with E-state index in [1.807, 2.05) is 0 Å². The van der Waals surface area contributed by atoms with Gasteiger partial charge in [-0.3, -0.25) is 0 Å². The van der Waals surface area contributed by atoms with Gasteiger partial charge < -0.3 is 8.92 Å². The van der Waals surface area contributed by atoms with Crippen molar-refractivity contribution in [2.24, 2.45) is 0 Å². The third-order valence-electron chi connectivity index (χ3n) is 3.90. The molecule has 2 aromatic carbocycles. The molecule has 154 valence electrons. The maximum Gasteiger partial charge on any atom is 0.488 e. The van der Waals surface area contributed by atoms with Crippen LogP contribution in [0.4, 0.5) is 12.7 Å². The summed E-state index contributed by atoms with van der Waals surface area (Å²) in [6, 6.07) is 7.24. The highest BCUT2D eigenvalue weighted by Crippen LogP contribution is 2.22. The topological polar surface area (TPSA) is 83.3 Å². The Kier molecular flexibility index (Phi) is 5.78. The van der Waals surface area contributed by atoms with Crippen LogP contribution in [0.25, 0.3) is 0 Å². The van der Waals surface area contributed by atoms with Crippen LogP contribution in [0.5, 0.6) is 11.5 Å². The Morgan fingerprint density at radius 2 is 1.62 bits per heavy atom. The van der Waals surface area contributed by atoms with Crippen molar-refractivity contribution in [3.8, 4) is 11.5 Å². The predicted molar refractivity (Wildman–Crippen MR) is 96.4 cm³/mol. The van der Waals surface area contributed by atoms with Crippen molar-refractivity contribution in [3.63, 3.8) is 0 Å². The highest BCUT2D eigenvalue weighted by atomic mass is 32.3. The van der Waals surface area contributed by atoms with Gasteiger partial charge in [-0.15, -0.1) is 0 Å². The number of nitrogens with zero attached hydrogens (tertiary/aromatic N) is 3. The molecule has 1 aromatic heterocycles. The molecule has 3 rings (SSSR count). The van der Waals surface area contributed by atoms with Gasteiger partial charge >= 0.3 is 10.5 Å². The zero-order valence-electron chi connectivity index (χ0n) is 15.4. The Morgan fingerprint density at radius 3 is 2.14 bits per heavy atom. The van der Waals surface area contributed by atoms with Gasteiger partial charge in [-0.25, -0.2) is 18.4 Å². The van der Waals surface area contributed by atoms with E-state index in [2.05, 4.69) is 14.3 Å². The first-order valence-electron chi connectivity index (χ1n) is 8.32. The van der Waals surface area contributed by atoms with Gasteiger partial charge in [0.1, 0.15) is 41.4 Å². The summed E-state index contributed by atoms with van der Waals surface area (Å²) in [5.41, 5.74) is 0.109. The van der Waals surface area contributed by atoms with Gasteiger partial charge in [0.2, 0.25) is 0 Å². The molecular formula is C18H16F3N3O4S. The van der Waals surface area contributed by atoms with Crippen molar-refractivity contribution in [1.29, 1.82) is 0 Å². The van der Waals surface area contributed by atoms with E-state index in [-0.39, 0.29) is 23.6 Å². The average Bonchev–Trinajstić information content (AvgIpc) is 2.91. The Bertz CT molecular complexity index is 1110. The lowest BCUT2D eigenvalue weighted by Gasteiger charge is -2.11. The number of hydrogen-bond donors (Lipinski definition) is 0. The molecular weight excluding hydrogens is 411 g/mol. The number of rotatable bonds is 7. The molecule has 0 saturated carbocycles. The molecule has 0 aliphatic carbocycles. The van der Waals surface area contributed by atoms with Gasteiger partial charge in [0.05, 0.1) is 12.1 Å². The first-order valence-corrected chi connectivity index (χ1v) is 9.63. The summed E-state index contributed by atoms with van der Waals surface area (Å²) >= 11 is 0. The van der Waals surface area contributed by atoms with Crippen molar-refractivity contribution in [2.45, 2.75) is 27.0 Å². The van der Waals surface area contributed by atoms with E-state index < -0.39 is 28.7 Å². The van der Waals surface area contributed by atoms with E-state index in [1.165, 1.54) is 24.3 Å². The highest BCUT2D eigenvalue weighted by Gasteiger charge is 2.14. The highest BCUT2D eigenvalue weighted by molar-refractivity contribution is 7.81. The van der Waals surface area contributed by atoms with Crippen LogP contribution in [0.2, 0.25) is 0 Å². The molecule has 1 heterocycles. The number of aryl methyl sites for hydroxylation is 2. The lowest BCUT2D eigenvalue weighted by atomic mass is 10.1. The third-order valence-corrected chi connectivity index (χ3v) is 4.29. The number of benzene rings is 2. The SMILES string of the molecule is Cc1nc(C)n(Cc2cc(F)c(COc3ccc(OS(=O)(=O)F)cc3)c(F)c2)n1. The quantitative estimate of drug-likeness (QED) is 0.538. The predicted octanol–water partition coefficient (Wildman–Crippen LogP) is 3.39. The number of aromatic nitrogens is 3. The number of hydrogen-bond acceptors (Lipinski definition) is 6. The van der Waals surface area contributed by atoms with E-state index in [0.717, 1.165) is 12.1 Å². The van der Waals surface area contributed by atoms with Gasteiger partial charge in [0.25, 0.3) is 0 Å².